The molecule has 0 bridgehead atoms. The zero-order valence-corrected chi connectivity index (χ0v) is 9.89. The van der Waals surface area contributed by atoms with Crippen LogP contribution >= 0.6 is 0 Å². The molecule has 3 heteroatoms. The number of hydrogen-bond acceptors (Lipinski definition) is 2. The summed E-state index contributed by atoms with van der Waals surface area (Å²) in [5, 5.41) is 0. The second kappa shape index (κ2) is 4.99. The predicted octanol–water partition coefficient (Wildman–Crippen LogP) is 2.74. The second-order valence-electron chi connectivity index (χ2n) is 3.72. The fourth-order valence-corrected chi connectivity index (χ4v) is 3.43. The largest absolute Gasteiger partial charge is 0.392 e. The zero-order chi connectivity index (χ0) is 9.78. The van der Waals surface area contributed by atoms with E-state index in [0.717, 1.165) is 6.04 Å². The summed E-state index contributed by atoms with van der Waals surface area (Å²) in [5.41, 5.74) is 0. The Kier molecular flexibility index (Phi) is 5.05. The molecule has 0 N–H and O–H groups in total. The van der Waals surface area contributed by atoms with Crippen LogP contribution in [0.15, 0.2) is 0 Å². The summed E-state index contributed by atoms with van der Waals surface area (Å²) in [5.74, 6) is 0. The van der Waals surface area contributed by atoms with Crippen LogP contribution in [0.2, 0.25) is 12.6 Å². The standard InChI is InChI=1S/C9H21O2Si/c1-7-12(6,10-8(2)3)11-9(4)5/h8-9H,1,7H2,2-6H3. The maximum atomic E-state index is 5.75. The van der Waals surface area contributed by atoms with E-state index in [1.54, 1.807) is 0 Å². The van der Waals surface area contributed by atoms with E-state index in [1.807, 2.05) is 27.7 Å². The number of hydrogen-bond donors (Lipinski definition) is 0. The van der Waals surface area contributed by atoms with E-state index in [0.29, 0.717) is 0 Å². The smallest absolute Gasteiger partial charge is 0.335 e. The van der Waals surface area contributed by atoms with Crippen molar-refractivity contribution in [3.05, 3.63) is 6.92 Å². The molecule has 0 rings (SSSR count). The normalized spacial score (nSPS) is 13.0. The summed E-state index contributed by atoms with van der Waals surface area (Å²) in [6.45, 7) is 14.1. The molecular formula is C9H21O2Si. The Morgan fingerprint density at radius 1 is 1.08 bits per heavy atom. The Bertz CT molecular complexity index is 114. The van der Waals surface area contributed by atoms with Crippen molar-refractivity contribution in [2.24, 2.45) is 0 Å². The van der Waals surface area contributed by atoms with Gasteiger partial charge in [0.15, 0.2) is 0 Å². The van der Waals surface area contributed by atoms with E-state index in [1.165, 1.54) is 0 Å². The summed E-state index contributed by atoms with van der Waals surface area (Å²) in [6, 6.07) is 0.767. The molecular weight excluding hydrogens is 168 g/mol. The van der Waals surface area contributed by atoms with Crippen molar-refractivity contribution in [2.45, 2.75) is 52.5 Å². The van der Waals surface area contributed by atoms with Crippen molar-refractivity contribution in [3.8, 4) is 0 Å². The van der Waals surface area contributed by atoms with Gasteiger partial charge in [-0.15, -0.1) is 0 Å². The molecule has 0 atom stereocenters. The molecule has 0 amide bonds. The Morgan fingerprint density at radius 2 is 1.42 bits per heavy atom. The third-order valence-electron chi connectivity index (χ3n) is 1.42. The highest BCUT2D eigenvalue weighted by Crippen LogP contribution is 2.16. The molecule has 2 nitrogen and oxygen atoms in total. The van der Waals surface area contributed by atoms with Gasteiger partial charge in [-0.05, 0) is 40.3 Å². The van der Waals surface area contributed by atoms with Crippen LogP contribution in [0.1, 0.15) is 27.7 Å². The summed E-state index contributed by atoms with van der Waals surface area (Å²) >= 11 is 0. The maximum absolute atomic E-state index is 5.75. The lowest BCUT2D eigenvalue weighted by molar-refractivity contribution is 0.111. The van der Waals surface area contributed by atoms with Gasteiger partial charge in [-0.25, -0.2) is 0 Å². The molecule has 0 fully saturated rings. The lowest BCUT2D eigenvalue weighted by atomic mass is 10.5. The van der Waals surface area contributed by atoms with E-state index < -0.39 is 8.56 Å². The van der Waals surface area contributed by atoms with Crippen molar-refractivity contribution in [3.63, 3.8) is 0 Å². The van der Waals surface area contributed by atoms with Crippen molar-refractivity contribution in [1.29, 1.82) is 0 Å². The highest BCUT2D eigenvalue weighted by atomic mass is 28.4. The first-order valence-electron chi connectivity index (χ1n) is 4.54. The van der Waals surface area contributed by atoms with E-state index >= 15 is 0 Å². The highest BCUT2D eigenvalue weighted by Gasteiger charge is 2.31. The van der Waals surface area contributed by atoms with Gasteiger partial charge in [0.25, 0.3) is 0 Å². The number of rotatable bonds is 5. The molecule has 0 aliphatic rings. The zero-order valence-electron chi connectivity index (χ0n) is 8.89. The molecule has 0 unspecified atom stereocenters. The van der Waals surface area contributed by atoms with Gasteiger partial charge in [0.05, 0.1) is 0 Å². The third-order valence-corrected chi connectivity index (χ3v) is 4.27. The molecule has 12 heavy (non-hydrogen) atoms. The molecule has 0 aromatic carbocycles. The van der Waals surface area contributed by atoms with Crippen molar-refractivity contribution in [2.75, 3.05) is 0 Å². The van der Waals surface area contributed by atoms with Crippen LogP contribution < -0.4 is 0 Å². The van der Waals surface area contributed by atoms with Crippen LogP contribution in [0.25, 0.3) is 0 Å². The third kappa shape index (κ3) is 4.90. The summed E-state index contributed by atoms with van der Waals surface area (Å²) in [4.78, 5) is 0. The first-order chi connectivity index (χ1) is 5.39. The fraction of sp³-hybridized carbons (Fsp3) is 0.889. The molecule has 0 aliphatic heterocycles. The molecule has 0 heterocycles. The average Bonchev–Trinajstić information content (AvgIpc) is 1.83. The van der Waals surface area contributed by atoms with E-state index in [2.05, 4.69) is 13.5 Å². The van der Waals surface area contributed by atoms with E-state index in [4.69, 9.17) is 8.85 Å². The van der Waals surface area contributed by atoms with Crippen molar-refractivity contribution in [1.82, 2.24) is 0 Å². The van der Waals surface area contributed by atoms with Gasteiger partial charge in [0.1, 0.15) is 0 Å². The minimum absolute atomic E-state index is 0.238. The predicted molar refractivity (Wildman–Crippen MR) is 54.2 cm³/mol. The molecule has 1 radical (unpaired) electrons. The van der Waals surface area contributed by atoms with Gasteiger partial charge in [0.2, 0.25) is 0 Å². The highest BCUT2D eigenvalue weighted by molar-refractivity contribution is 6.66. The molecule has 0 saturated carbocycles. The van der Waals surface area contributed by atoms with Crippen LogP contribution in [-0.4, -0.2) is 20.8 Å². The Balaban J connectivity index is 4.04. The Morgan fingerprint density at radius 3 is 1.58 bits per heavy atom. The van der Waals surface area contributed by atoms with Crippen LogP contribution in [-0.2, 0) is 8.85 Å². The first-order valence-corrected chi connectivity index (χ1v) is 7.07. The van der Waals surface area contributed by atoms with Gasteiger partial charge in [0, 0.05) is 12.2 Å². The average molecular weight is 189 g/mol. The van der Waals surface area contributed by atoms with Gasteiger partial charge in [-0.1, -0.05) is 6.92 Å². The minimum Gasteiger partial charge on any atom is -0.392 e. The van der Waals surface area contributed by atoms with Gasteiger partial charge in [-0.2, -0.15) is 0 Å². The first kappa shape index (κ1) is 12.1. The summed E-state index contributed by atoms with van der Waals surface area (Å²) in [7, 11) is -1.96. The Labute approximate surface area is 77.5 Å². The molecule has 0 aliphatic carbocycles. The van der Waals surface area contributed by atoms with Crippen LogP contribution in [0.4, 0.5) is 0 Å². The molecule has 0 spiro atoms. The molecule has 73 valence electrons. The van der Waals surface area contributed by atoms with Crippen molar-refractivity contribution < 1.29 is 8.85 Å². The molecule has 0 aromatic rings. The van der Waals surface area contributed by atoms with Gasteiger partial charge in [-0.3, -0.25) is 0 Å². The van der Waals surface area contributed by atoms with Crippen LogP contribution in [0.5, 0.6) is 0 Å². The molecule has 0 saturated heterocycles. The summed E-state index contributed by atoms with van der Waals surface area (Å²) in [6.07, 6.45) is 0.476. The maximum Gasteiger partial charge on any atom is 0.335 e. The molecule has 0 aromatic heterocycles. The SMILES string of the molecule is [CH2]C[Si](C)(OC(C)C)OC(C)C. The van der Waals surface area contributed by atoms with Crippen molar-refractivity contribution >= 4 is 8.56 Å². The Hall–Kier alpha value is 0.137. The second-order valence-corrected chi connectivity index (χ2v) is 6.96. The van der Waals surface area contributed by atoms with Crippen LogP contribution in [0.3, 0.4) is 0 Å². The lowest BCUT2D eigenvalue weighted by Gasteiger charge is -2.29. The minimum atomic E-state index is -1.96. The lowest BCUT2D eigenvalue weighted by Crippen LogP contribution is -2.42. The van der Waals surface area contributed by atoms with E-state index in [-0.39, 0.29) is 12.2 Å². The van der Waals surface area contributed by atoms with E-state index in [9.17, 15) is 0 Å². The fourth-order valence-electron chi connectivity index (χ4n) is 1.14. The quantitative estimate of drug-likeness (QED) is 0.619. The van der Waals surface area contributed by atoms with Gasteiger partial charge >= 0.3 is 8.56 Å². The topological polar surface area (TPSA) is 18.5 Å². The monoisotopic (exact) mass is 189 g/mol. The summed E-state index contributed by atoms with van der Waals surface area (Å²) < 4.78 is 11.5. The van der Waals surface area contributed by atoms with Crippen LogP contribution in [0, 0.1) is 6.92 Å². The van der Waals surface area contributed by atoms with Gasteiger partial charge < -0.3 is 8.85 Å².